The van der Waals surface area contributed by atoms with E-state index in [2.05, 4.69) is 19.2 Å². The predicted octanol–water partition coefficient (Wildman–Crippen LogP) is 1.73. The Labute approximate surface area is 115 Å². The van der Waals surface area contributed by atoms with Gasteiger partial charge in [0, 0.05) is 6.54 Å². The lowest BCUT2D eigenvalue weighted by molar-refractivity contribution is -0.122. The highest BCUT2D eigenvalue weighted by Gasteiger charge is 2.13. The van der Waals surface area contributed by atoms with Crippen LogP contribution in [0, 0.1) is 5.92 Å². The maximum atomic E-state index is 11.7. The fourth-order valence-electron chi connectivity index (χ4n) is 1.87. The van der Waals surface area contributed by atoms with Gasteiger partial charge in [-0.05, 0) is 36.5 Å². The van der Waals surface area contributed by atoms with Crippen LogP contribution < -0.4 is 15.8 Å². The zero-order valence-electron chi connectivity index (χ0n) is 12.0. The molecule has 0 heterocycles. The van der Waals surface area contributed by atoms with Crippen LogP contribution in [-0.2, 0) is 11.2 Å². The van der Waals surface area contributed by atoms with Crippen molar-refractivity contribution in [2.75, 3.05) is 13.7 Å². The Morgan fingerprint density at radius 3 is 2.47 bits per heavy atom. The number of carbonyl (C=O) groups is 1. The molecule has 0 aliphatic carbocycles. The molecule has 0 fully saturated rings. The van der Waals surface area contributed by atoms with Gasteiger partial charge in [0.05, 0.1) is 13.2 Å². The molecule has 3 N–H and O–H groups in total. The smallest absolute Gasteiger partial charge is 0.236 e. The van der Waals surface area contributed by atoms with Gasteiger partial charge in [-0.1, -0.05) is 26.0 Å². The molecule has 1 aromatic carbocycles. The van der Waals surface area contributed by atoms with Gasteiger partial charge in [0.15, 0.2) is 0 Å². The lowest BCUT2D eigenvalue weighted by atomic mass is 10.0. The Bertz CT molecular complexity index is 388. The second-order valence-electron chi connectivity index (χ2n) is 5.13. The van der Waals surface area contributed by atoms with Gasteiger partial charge in [-0.15, -0.1) is 0 Å². The molecule has 1 rings (SSSR count). The maximum absolute atomic E-state index is 11.7. The van der Waals surface area contributed by atoms with E-state index in [-0.39, 0.29) is 5.91 Å². The van der Waals surface area contributed by atoms with Crippen LogP contribution in [0.1, 0.15) is 25.8 Å². The van der Waals surface area contributed by atoms with Crippen LogP contribution in [0.5, 0.6) is 5.75 Å². The van der Waals surface area contributed by atoms with E-state index in [1.807, 2.05) is 24.3 Å². The maximum Gasteiger partial charge on any atom is 0.236 e. The van der Waals surface area contributed by atoms with E-state index in [4.69, 9.17) is 10.5 Å². The molecule has 0 aliphatic heterocycles. The van der Waals surface area contributed by atoms with E-state index in [1.165, 1.54) is 5.56 Å². The van der Waals surface area contributed by atoms with E-state index in [9.17, 15) is 4.79 Å². The third kappa shape index (κ3) is 5.75. The third-order valence-corrected chi connectivity index (χ3v) is 2.93. The minimum absolute atomic E-state index is 0.0674. The molecular formula is C15H24N2O2. The second kappa shape index (κ2) is 7.79. The number of methoxy groups -OCH3 is 1. The van der Waals surface area contributed by atoms with Gasteiger partial charge in [0.1, 0.15) is 5.75 Å². The standard InChI is InChI=1S/C15H24N2O2/c1-11(2)10-14(16)15(18)17-9-8-12-4-6-13(19-3)7-5-12/h4-7,11,14H,8-10,16H2,1-3H3,(H,17,18)/t14-/m0/s1. The van der Waals surface area contributed by atoms with Crippen molar-refractivity contribution in [1.29, 1.82) is 0 Å². The van der Waals surface area contributed by atoms with E-state index >= 15 is 0 Å². The van der Waals surface area contributed by atoms with Gasteiger partial charge >= 0.3 is 0 Å². The van der Waals surface area contributed by atoms with Gasteiger partial charge in [-0.3, -0.25) is 4.79 Å². The van der Waals surface area contributed by atoms with Crippen LogP contribution in [-0.4, -0.2) is 25.6 Å². The SMILES string of the molecule is COc1ccc(CCNC(=O)[C@@H](N)CC(C)C)cc1. The van der Waals surface area contributed by atoms with Crippen molar-refractivity contribution in [3.63, 3.8) is 0 Å². The molecule has 1 aromatic rings. The van der Waals surface area contributed by atoms with Crippen molar-refractivity contribution in [2.45, 2.75) is 32.7 Å². The number of hydrogen-bond donors (Lipinski definition) is 2. The summed E-state index contributed by atoms with van der Waals surface area (Å²) in [6, 6.07) is 7.43. The van der Waals surface area contributed by atoms with Crippen molar-refractivity contribution < 1.29 is 9.53 Å². The molecule has 0 spiro atoms. The van der Waals surface area contributed by atoms with Gasteiger partial charge in [0.25, 0.3) is 0 Å². The lowest BCUT2D eigenvalue weighted by Gasteiger charge is -2.14. The first-order valence-electron chi connectivity index (χ1n) is 6.69. The van der Waals surface area contributed by atoms with Crippen LogP contribution >= 0.6 is 0 Å². The number of nitrogens with one attached hydrogen (secondary N) is 1. The Hall–Kier alpha value is -1.55. The molecule has 0 radical (unpaired) electrons. The Morgan fingerprint density at radius 1 is 1.32 bits per heavy atom. The van der Waals surface area contributed by atoms with Gasteiger partial charge in [-0.2, -0.15) is 0 Å². The third-order valence-electron chi connectivity index (χ3n) is 2.93. The Morgan fingerprint density at radius 2 is 1.95 bits per heavy atom. The van der Waals surface area contributed by atoms with Crippen molar-refractivity contribution in [3.05, 3.63) is 29.8 Å². The molecule has 0 unspecified atom stereocenters. The van der Waals surface area contributed by atoms with Crippen LogP contribution in [0.25, 0.3) is 0 Å². The summed E-state index contributed by atoms with van der Waals surface area (Å²) in [4.78, 5) is 11.7. The number of nitrogens with two attached hydrogens (primary N) is 1. The Kier molecular flexibility index (Phi) is 6.36. The summed E-state index contributed by atoms with van der Waals surface area (Å²) in [5.74, 6) is 1.20. The van der Waals surface area contributed by atoms with Crippen molar-refractivity contribution in [2.24, 2.45) is 11.7 Å². The zero-order valence-corrected chi connectivity index (χ0v) is 12.0. The summed E-state index contributed by atoms with van der Waals surface area (Å²) in [6.45, 7) is 4.73. The van der Waals surface area contributed by atoms with Crippen LogP contribution in [0.2, 0.25) is 0 Å². The number of benzene rings is 1. The summed E-state index contributed by atoms with van der Waals surface area (Å²) in [5, 5.41) is 2.87. The van der Waals surface area contributed by atoms with Crippen LogP contribution in [0.4, 0.5) is 0 Å². The first-order valence-corrected chi connectivity index (χ1v) is 6.69. The Balaban J connectivity index is 2.31. The number of carbonyl (C=O) groups excluding carboxylic acids is 1. The molecule has 1 atom stereocenters. The first kappa shape index (κ1) is 15.5. The normalized spacial score (nSPS) is 12.3. The molecule has 19 heavy (non-hydrogen) atoms. The minimum atomic E-state index is -0.407. The van der Waals surface area contributed by atoms with E-state index in [0.717, 1.165) is 12.2 Å². The van der Waals surface area contributed by atoms with Crippen molar-refractivity contribution in [3.8, 4) is 5.75 Å². The molecule has 0 saturated carbocycles. The van der Waals surface area contributed by atoms with Gasteiger partial charge in [-0.25, -0.2) is 0 Å². The molecule has 0 aromatic heterocycles. The molecule has 0 bridgehead atoms. The number of ether oxygens (including phenoxy) is 1. The molecule has 4 nitrogen and oxygen atoms in total. The summed E-state index contributed by atoms with van der Waals surface area (Å²) in [7, 11) is 1.64. The fourth-order valence-corrected chi connectivity index (χ4v) is 1.87. The van der Waals surface area contributed by atoms with Crippen molar-refractivity contribution in [1.82, 2.24) is 5.32 Å². The molecular weight excluding hydrogens is 240 g/mol. The summed E-state index contributed by atoms with van der Waals surface area (Å²) < 4.78 is 5.09. The van der Waals surface area contributed by atoms with E-state index in [0.29, 0.717) is 18.9 Å². The quantitative estimate of drug-likeness (QED) is 0.788. The minimum Gasteiger partial charge on any atom is -0.497 e. The largest absolute Gasteiger partial charge is 0.497 e. The molecule has 106 valence electrons. The average Bonchev–Trinajstić information content (AvgIpc) is 2.38. The lowest BCUT2D eigenvalue weighted by Crippen LogP contribution is -2.42. The first-order chi connectivity index (χ1) is 9.02. The molecule has 1 amide bonds. The highest BCUT2D eigenvalue weighted by atomic mass is 16.5. The molecule has 4 heteroatoms. The van der Waals surface area contributed by atoms with Gasteiger partial charge in [0.2, 0.25) is 5.91 Å². The predicted molar refractivity (Wildman–Crippen MR) is 77.1 cm³/mol. The summed E-state index contributed by atoms with van der Waals surface area (Å²) in [6.07, 6.45) is 1.51. The van der Waals surface area contributed by atoms with Crippen LogP contribution in [0.15, 0.2) is 24.3 Å². The number of amides is 1. The summed E-state index contributed by atoms with van der Waals surface area (Å²) >= 11 is 0. The summed E-state index contributed by atoms with van der Waals surface area (Å²) in [5.41, 5.74) is 6.97. The fraction of sp³-hybridized carbons (Fsp3) is 0.533. The molecule has 0 saturated heterocycles. The highest BCUT2D eigenvalue weighted by Crippen LogP contribution is 2.11. The van der Waals surface area contributed by atoms with Crippen molar-refractivity contribution >= 4 is 5.91 Å². The van der Waals surface area contributed by atoms with Crippen LogP contribution in [0.3, 0.4) is 0 Å². The molecule has 0 aliphatic rings. The number of hydrogen-bond acceptors (Lipinski definition) is 3. The van der Waals surface area contributed by atoms with E-state index in [1.54, 1.807) is 7.11 Å². The van der Waals surface area contributed by atoms with E-state index < -0.39 is 6.04 Å². The number of rotatable bonds is 7. The average molecular weight is 264 g/mol. The monoisotopic (exact) mass is 264 g/mol. The highest BCUT2D eigenvalue weighted by molar-refractivity contribution is 5.81. The second-order valence-corrected chi connectivity index (χ2v) is 5.13. The topological polar surface area (TPSA) is 64.3 Å². The zero-order chi connectivity index (χ0) is 14.3. The van der Waals surface area contributed by atoms with Gasteiger partial charge < -0.3 is 15.8 Å².